The Hall–Kier alpha value is -2.13. The molecule has 0 saturated carbocycles. The Balaban J connectivity index is 2.06. The third-order valence-electron chi connectivity index (χ3n) is 3.10. The second-order valence-corrected chi connectivity index (χ2v) is 4.42. The highest BCUT2D eigenvalue weighted by atomic mass is 16.6. The van der Waals surface area contributed by atoms with Gasteiger partial charge in [0.1, 0.15) is 0 Å². The van der Waals surface area contributed by atoms with Gasteiger partial charge in [0.05, 0.1) is 23.2 Å². The standard InChI is InChI=1S/C13H14N2O4/c14-8-11-1-2-13(12(7-11)15(16)17)19-9-10-3-5-18-6-4-10/h1-2,7,10H,3-6,9H2. The van der Waals surface area contributed by atoms with E-state index in [1.165, 1.54) is 18.2 Å². The van der Waals surface area contributed by atoms with Crippen LogP contribution in [0.4, 0.5) is 5.69 Å². The maximum absolute atomic E-state index is 10.9. The predicted octanol–water partition coefficient (Wildman–Crippen LogP) is 2.27. The minimum absolute atomic E-state index is 0.161. The predicted molar refractivity (Wildman–Crippen MR) is 66.8 cm³/mol. The molecule has 6 heteroatoms. The van der Waals surface area contributed by atoms with Gasteiger partial charge in [-0.1, -0.05) is 0 Å². The number of nitriles is 1. The van der Waals surface area contributed by atoms with Crippen molar-refractivity contribution >= 4 is 5.69 Å². The van der Waals surface area contributed by atoms with Gasteiger partial charge in [-0.25, -0.2) is 0 Å². The van der Waals surface area contributed by atoms with E-state index in [1.807, 2.05) is 6.07 Å². The van der Waals surface area contributed by atoms with Crippen molar-refractivity contribution in [3.05, 3.63) is 33.9 Å². The summed E-state index contributed by atoms with van der Waals surface area (Å²) < 4.78 is 10.8. The first-order chi connectivity index (χ1) is 9.20. The highest BCUT2D eigenvalue weighted by Crippen LogP contribution is 2.29. The van der Waals surface area contributed by atoms with Crippen molar-refractivity contribution in [2.24, 2.45) is 5.92 Å². The Labute approximate surface area is 110 Å². The van der Waals surface area contributed by atoms with Gasteiger partial charge in [0.2, 0.25) is 0 Å². The highest BCUT2D eigenvalue weighted by Gasteiger charge is 2.19. The molecule has 19 heavy (non-hydrogen) atoms. The first-order valence-corrected chi connectivity index (χ1v) is 6.10. The molecule has 1 aromatic rings. The third-order valence-corrected chi connectivity index (χ3v) is 3.10. The smallest absolute Gasteiger partial charge is 0.312 e. The maximum atomic E-state index is 10.9. The first kappa shape index (κ1) is 13.3. The topological polar surface area (TPSA) is 85.4 Å². The lowest BCUT2D eigenvalue weighted by atomic mass is 10.0. The zero-order chi connectivity index (χ0) is 13.7. The van der Waals surface area contributed by atoms with Crippen LogP contribution in [0.25, 0.3) is 0 Å². The van der Waals surface area contributed by atoms with Crippen LogP contribution in [0.15, 0.2) is 18.2 Å². The van der Waals surface area contributed by atoms with Crippen LogP contribution in [0.1, 0.15) is 18.4 Å². The van der Waals surface area contributed by atoms with Crippen LogP contribution in [-0.2, 0) is 4.74 Å². The van der Waals surface area contributed by atoms with Crippen LogP contribution in [-0.4, -0.2) is 24.7 Å². The van der Waals surface area contributed by atoms with E-state index in [-0.39, 0.29) is 17.0 Å². The lowest BCUT2D eigenvalue weighted by Crippen LogP contribution is -2.21. The summed E-state index contributed by atoms with van der Waals surface area (Å²) >= 11 is 0. The van der Waals surface area contributed by atoms with Crippen molar-refractivity contribution < 1.29 is 14.4 Å². The Bertz CT molecular complexity index is 504. The average molecular weight is 262 g/mol. The summed E-state index contributed by atoms with van der Waals surface area (Å²) in [4.78, 5) is 10.4. The fourth-order valence-corrected chi connectivity index (χ4v) is 1.97. The van der Waals surface area contributed by atoms with Crippen LogP contribution < -0.4 is 4.74 Å². The summed E-state index contributed by atoms with van der Waals surface area (Å²) in [5, 5.41) is 19.7. The molecular formula is C13H14N2O4. The molecule has 0 atom stereocenters. The second-order valence-electron chi connectivity index (χ2n) is 4.42. The number of nitro groups is 1. The lowest BCUT2D eigenvalue weighted by Gasteiger charge is -2.21. The Morgan fingerprint density at radius 1 is 1.47 bits per heavy atom. The molecule has 0 N–H and O–H groups in total. The molecular weight excluding hydrogens is 248 g/mol. The molecule has 2 rings (SSSR count). The summed E-state index contributed by atoms with van der Waals surface area (Å²) in [6, 6.07) is 6.12. The molecule has 1 saturated heterocycles. The molecule has 6 nitrogen and oxygen atoms in total. The van der Waals surface area contributed by atoms with Gasteiger partial charge in [0.25, 0.3) is 0 Å². The molecule has 1 aromatic carbocycles. The zero-order valence-electron chi connectivity index (χ0n) is 10.4. The normalized spacial score (nSPS) is 15.7. The van der Waals surface area contributed by atoms with Crippen LogP contribution in [0.3, 0.4) is 0 Å². The summed E-state index contributed by atoms with van der Waals surface area (Å²) in [6.07, 6.45) is 1.81. The van der Waals surface area contributed by atoms with E-state index in [0.29, 0.717) is 25.7 Å². The Morgan fingerprint density at radius 3 is 2.84 bits per heavy atom. The largest absolute Gasteiger partial charge is 0.487 e. The minimum atomic E-state index is -0.528. The molecule has 0 unspecified atom stereocenters. The first-order valence-electron chi connectivity index (χ1n) is 6.10. The van der Waals surface area contributed by atoms with Gasteiger partial charge in [0, 0.05) is 19.3 Å². The number of ether oxygens (including phenoxy) is 2. The molecule has 100 valence electrons. The van der Waals surface area contributed by atoms with E-state index in [2.05, 4.69) is 0 Å². The molecule has 1 aliphatic heterocycles. The molecule has 0 bridgehead atoms. The van der Waals surface area contributed by atoms with Crippen molar-refractivity contribution in [3.8, 4) is 11.8 Å². The van der Waals surface area contributed by atoms with E-state index >= 15 is 0 Å². The van der Waals surface area contributed by atoms with Crippen molar-refractivity contribution in [1.82, 2.24) is 0 Å². The molecule has 1 heterocycles. The van der Waals surface area contributed by atoms with Gasteiger partial charge >= 0.3 is 5.69 Å². The average Bonchev–Trinajstić information content (AvgIpc) is 2.46. The van der Waals surface area contributed by atoms with Crippen molar-refractivity contribution in [3.63, 3.8) is 0 Å². The Morgan fingerprint density at radius 2 is 2.21 bits per heavy atom. The zero-order valence-corrected chi connectivity index (χ0v) is 10.4. The van der Waals surface area contributed by atoms with E-state index in [1.54, 1.807) is 0 Å². The number of nitrogens with zero attached hydrogens (tertiary/aromatic N) is 2. The van der Waals surface area contributed by atoms with Crippen LogP contribution in [0, 0.1) is 27.4 Å². The quantitative estimate of drug-likeness (QED) is 0.613. The minimum Gasteiger partial charge on any atom is -0.487 e. The summed E-state index contributed by atoms with van der Waals surface area (Å²) in [5.41, 5.74) is 0.0937. The molecule has 0 amide bonds. The van der Waals surface area contributed by atoms with E-state index in [0.717, 1.165) is 12.8 Å². The second kappa shape index (κ2) is 6.16. The molecule has 1 fully saturated rings. The van der Waals surface area contributed by atoms with Gasteiger partial charge < -0.3 is 9.47 Å². The van der Waals surface area contributed by atoms with Gasteiger partial charge in [-0.15, -0.1) is 0 Å². The number of benzene rings is 1. The van der Waals surface area contributed by atoms with Crippen LogP contribution >= 0.6 is 0 Å². The van der Waals surface area contributed by atoms with Crippen molar-refractivity contribution in [2.75, 3.05) is 19.8 Å². The van der Waals surface area contributed by atoms with E-state index in [4.69, 9.17) is 14.7 Å². The van der Waals surface area contributed by atoms with E-state index in [9.17, 15) is 10.1 Å². The van der Waals surface area contributed by atoms with E-state index < -0.39 is 4.92 Å². The molecule has 0 radical (unpaired) electrons. The lowest BCUT2D eigenvalue weighted by molar-refractivity contribution is -0.385. The summed E-state index contributed by atoms with van der Waals surface area (Å²) in [6.45, 7) is 1.86. The van der Waals surface area contributed by atoms with Gasteiger partial charge in [-0.3, -0.25) is 10.1 Å². The molecule has 0 aliphatic carbocycles. The fraction of sp³-hybridized carbons (Fsp3) is 0.462. The highest BCUT2D eigenvalue weighted by molar-refractivity contribution is 5.51. The number of nitro benzene ring substituents is 1. The SMILES string of the molecule is N#Cc1ccc(OCC2CCOCC2)c([N+](=O)[O-])c1. The van der Waals surface area contributed by atoms with Crippen LogP contribution in [0.5, 0.6) is 5.75 Å². The molecule has 0 aromatic heterocycles. The third kappa shape index (κ3) is 3.42. The fourth-order valence-electron chi connectivity index (χ4n) is 1.97. The summed E-state index contributed by atoms with van der Waals surface area (Å²) in [7, 11) is 0. The number of rotatable bonds is 4. The monoisotopic (exact) mass is 262 g/mol. The van der Waals surface area contributed by atoms with Crippen LogP contribution in [0.2, 0.25) is 0 Å². The number of hydrogen-bond acceptors (Lipinski definition) is 5. The van der Waals surface area contributed by atoms with Crippen molar-refractivity contribution in [1.29, 1.82) is 5.26 Å². The summed E-state index contributed by atoms with van der Waals surface area (Å²) in [5.74, 6) is 0.583. The maximum Gasteiger partial charge on any atom is 0.312 e. The number of hydrogen-bond donors (Lipinski definition) is 0. The van der Waals surface area contributed by atoms with Crippen molar-refractivity contribution in [2.45, 2.75) is 12.8 Å². The molecule has 1 aliphatic rings. The van der Waals surface area contributed by atoms with Gasteiger partial charge in [-0.05, 0) is 30.9 Å². The Kier molecular flexibility index (Phi) is 4.31. The molecule has 0 spiro atoms. The van der Waals surface area contributed by atoms with Gasteiger partial charge in [-0.2, -0.15) is 5.26 Å². The van der Waals surface area contributed by atoms with Gasteiger partial charge in [0.15, 0.2) is 5.75 Å².